The molecule has 21 heavy (non-hydrogen) atoms. The van der Waals surface area contributed by atoms with Crippen LogP contribution in [0.15, 0.2) is 69.2 Å². The average molecular weight is 407 g/mol. The summed E-state index contributed by atoms with van der Waals surface area (Å²) >= 11 is 3.76. The van der Waals surface area contributed by atoms with Gasteiger partial charge in [0.2, 0.25) is 0 Å². The van der Waals surface area contributed by atoms with Gasteiger partial charge in [0.15, 0.2) is 0 Å². The molecule has 2 aromatic rings. The second-order valence-corrected chi connectivity index (χ2v) is 7.49. The van der Waals surface area contributed by atoms with Gasteiger partial charge in [-0.25, -0.2) is 0 Å². The van der Waals surface area contributed by atoms with Crippen molar-refractivity contribution in [3.8, 4) is 0 Å². The first kappa shape index (κ1) is 14.5. The van der Waals surface area contributed by atoms with Gasteiger partial charge in [-0.15, -0.1) is 0 Å². The summed E-state index contributed by atoms with van der Waals surface area (Å²) in [6, 6.07) is 18.4. The molecule has 1 heterocycles. The predicted molar refractivity (Wildman–Crippen MR) is 92.5 cm³/mol. The number of hydrogen-bond donors (Lipinski definition) is 0. The molecule has 0 aliphatic carbocycles. The van der Waals surface area contributed by atoms with Gasteiger partial charge in [0.05, 0.1) is 0 Å². The molecule has 5 heteroatoms. The van der Waals surface area contributed by atoms with Crippen LogP contribution >= 0.6 is 15.9 Å². The van der Waals surface area contributed by atoms with E-state index in [1.807, 2.05) is 42.4 Å². The molecule has 0 unspecified atom stereocenters. The number of benzene rings is 2. The summed E-state index contributed by atoms with van der Waals surface area (Å²) in [5, 5.41) is 7.57. The number of hydrogen-bond acceptors (Lipinski definition) is 2. The Morgan fingerprint density at radius 1 is 1.10 bits per heavy atom. The first-order valence-electron chi connectivity index (χ1n) is 6.56. The molecule has 0 bridgehead atoms. The third-order valence-electron chi connectivity index (χ3n) is 3.04. The van der Waals surface area contributed by atoms with Crippen molar-refractivity contribution in [1.82, 2.24) is 5.01 Å². The van der Waals surface area contributed by atoms with Crippen molar-refractivity contribution in [1.29, 1.82) is 0 Å². The van der Waals surface area contributed by atoms with E-state index < -0.39 is 0 Å². The van der Waals surface area contributed by atoms with Gasteiger partial charge >= 0.3 is 139 Å². The van der Waals surface area contributed by atoms with E-state index in [0.717, 1.165) is 25.9 Å². The Hall–Kier alpha value is -1.42. The number of para-hydroxylation sites is 1. The molecule has 0 amide bonds. The van der Waals surface area contributed by atoms with Gasteiger partial charge in [0.1, 0.15) is 0 Å². The number of amidine groups is 1. The Balaban J connectivity index is 1.83. The Morgan fingerprint density at radius 2 is 1.81 bits per heavy atom. The maximum atomic E-state index is 4.70. The Morgan fingerprint density at radius 3 is 2.48 bits per heavy atom. The van der Waals surface area contributed by atoms with Crippen molar-refractivity contribution in [2.75, 3.05) is 7.05 Å². The summed E-state index contributed by atoms with van der Waals surface area (Å²) in [4.78, 5) is 4.70. The van der Waals surface area contributed by atoms with Crippen LogP contribution in [0.2, 0.25) is 5.32 Å². The Labute approximate surface area is 139 Å². The van der Waals surface area contributed by atoms with Crippen molar-refractivity contribution >= 4 is 47.0 Å². The third-order valence-corrected chi connectivity index (χ3v) is 5.74. The Kier molecular flexibility index (Phi) is 4.54. The van der Waals surface area contributed by atoms with Gasteiger partial charge < -0.3 is 0 Å². The molecule has 0 aromatic heterocycles. The van der Waals surface area contributed by atoms with Gasteiger partial charge in [0.25, 0.3) is 0 Å². The topological polar surface area (TPSA) is 28.0 Å². The fraction of sp³-hybridized carbons (Fsp3) is 0.125. The molecule has 1 aliphatic rings. The minimum atomic E-state index is 0.300. The summed E-state index contributed by atoms with van der Waals surface area (Å²) in [6.45, 7) is 0. The van der Waals surface area contributed by atoms with Crippen LogP contribution in [-0.4, -0.2) is 37.5 Å². The number of hydrazone groups is 1. The molecule has 3 rings (SSSR count). The van der Waals surface area contributed by atoms with E-state index in [2.05, 4.69) is 45.3 Å². The van der Waals surface area contributed by atoms with Crippen LogP contribution in [0.5, 0.6) is 0 Å². The second kappa shape index (κ2) is 6.56. The fourth-order valence-corrected chi connectivity index (χ4v) is 4.11. The molecular formula is C16H14BrN3Se. The van der Waals surface area contributed by atoms with E-state index in [1.165, 1.54) is 5.56 Å². The summed E-state index contributed by atoms with van der Waals surface area (Å²) < 4.78 is 2.16. The first-order chi connectivity index (χ1) is 10.2. The van der Waals surface area contributed by atoms with Crippen molar-refractivity contribution in [2.24, 2.45) is 10.1 Å². The van der Waals surface area contributed by atoms with E-state index in [4.69, 9.17) is 4.99 Å². The van der Waals surface area contributed by atoms with Crippen LogP contribution in [0.3, 0.4) is 0 Å². The van der Waals surface area contributed by atoms with E-state index in [9.17, 15) is 0 Å². The van der Waals surface area contributed by atoms with Crippen molar-refractivity contribution in [2.45, 2.75) is 5.32 Å². The summed E-state index contributed by atoms with van der Waals surface area (Å²) in [5.74, 6) is 0. The summed E-state index contributed by atoms with van der Waals surface area (Å²) in [7, 11) is 1.97. The van der Waals surface area contributed by atoms with Gasteiger partial charge in [0, 0.05) is 0 Å². The minimum absolute atomic E-state index is 0.300. The zero-order valence-electron chi connectivity index (χ0n) is 11.5. The molecule has 0 radical (unpaired) electrons. The third kappa shape index (κ3) is 3.62. The number of aliphatic imine (C=N–C) groups is 1. The molecule has 106 valence electrons. The molecule has 0 N–H and O–H groups in total. The standard InChI is InChI=1S/C16H14BrN3Se/c1-20-16(18-14-5-3-2-4-6-14)21-11-15(19-20)12-7-9-13(17)10-8-12/h2-10H,11H2,1H3. The molecule has 0 saturated carbocycles. The number of halogens is 1. The molecule has 3 nitrogen and oxygen atoms in total. The zero-order chi connectivity index (χ0) is 14.7. The maximum absolute atomic E-state index is 4.70. The quantitative estimate of drug-likeness (QED) is 0.694. The number of nitrogens with zero attached hydrogens (tertiary/aromatic N) is 3. The average Bonchev–Trinajstić information content (AvgIpc) is 2.51. The SMILES string of the molecule is CN1N=C(c2ccc(Br)cc2)C[Se]C1=Nc1ccccc1. The summed E-state index contributed by atoms with van der Waals surface area (Å²) in [5.41, 5.74) is 3.31. The Bertz CT molecular complexity index is 680. The van der Waals surface area contributed by atoms with E-state index in [-0.39, 0.29) is 0 Å². The van der Waals surface area contributed by atoms with Crippen molar-refractivity contribution < 1.29 is 0 Å². The normalized spacial score (nSPS) is 17.0. The second-order valence-electron chi connectivity index (χ2n) is 4.60. The predicted octanol–water partition coefficient (Wildman–Crippen LogP) is 3.91. The van der Waals surface area contributed by atoms with Crippen molar-refractivity contribution in [3.05, 3.63) is 64.6 Å². The monoisotopic (exact) mass is 407 g/mol. The van der Waals surface area contributed by atoms with Crippen molar-refractivity contribution in [3.63, 3.8) is 0 Å². The van der Waals surface area contributed by atoms with Crippen LogP contribution in [0.4, 0.5) is 5.69 Å². The molecule has 1 aliphatic heterocycles. The van der Waals surface area contributed by atoms with Crippen LogP contribution in [0.1, 0.15) is 5.56 Å². The molecule has 0 spiro atoms. The van der Waals surface area contributed by atoms with E-state index in [0.29, 0.717) is 15.0 Å². The fourth-order valence-electron chi connectivity index (χ4n) is 1.98. The van der Waals surface area contributed by atoms with Crippen LogP contribution in [0.25, 0.3) is 0 Å². The first-order valence-corrected chi connectivity index (χ1v) is 9.42. The molecular weight excluding hydrogens is 393 g/mol. The van der Waals surface area contributed by atoms with Crippen LogP contribution in [0, 0.1) is 0 Å². The van der Waals surface area contributed by atoms with Crippen LogP contribution < -0.4 is 0 Å². The van der Waals surface area contributed by atoms with Crippen LogP contribution in [-0.2, 0) is 0 Å². The van der Waals surface area contributed by atoms with E-state index in [1.54, 1.807) is 0 Å². The van der Waals surface area contributed by atoms with E-state index >= 15 is 0 Å². The number of rotatable bonds is 2. The molecule has 0 saturated heterocycles. The van der Waals surface area contributed by atoms with Gasteiger partial charge in [-0.05, 0) is 0 Å². The summed E-state index contributed by atoms with van der Waals surface area (Å²) in [6.07, 6.45) is 0. The molecule has 2 aromatic carbocycles. The molecule has 0 atom stereocenters. The van der Waals surface area contributed by atoms with Gasteiger partial charge in [-0.3, -0.25) is 0 Å². The molecule has 0 fully saturated rings. The van der Waals surface area contributed by atoms with Gasteiger partial charge in [-0.1, -0.05) is 0 Å². The zero-order valence-corrected chi connectivity index (χ0v) is 14.8. The van der Waals surface area contributed by atoms with Gasteiger partial charge in [-0.2, -0.15) is 0 Å².